The molecule has 0 aliphatic rings. The Kier molecular flexibility index (Phi) is 17.6. The maximum atomic E-state index is 9.93. The number of aliphatic hydroxyl groups is 2. The molecule has 0 heterocycles. The molecule has 0 aromatic heterocycles. The van der Waals surface area contributed by atoms with Crippen molar-refractivity contribution in [3.63, 3.8) is 0 Å². The lowest BCUT2D eigenvalue weighted by Crippen LogP contribution is -1.98. The van der Waals surface area contributed by atoms with Crippen molar-refractivity contribution >= 4 is 6.47 Å². The van der Waals surface area contributed by atoms with E-state index in [-0.39, 0.29) is 0 Å². The van der Waals surface area contributed by atoms with Gasteiger partial charge in [-0.15, -0.1) is 0 Å². The number of hydrogen-bond acceptors (Lipinski definition) is 4. The first-order valence-electron chi connectivity index (χ1n) is 9.08. The molecule has 4 heteroatoms. The number of carbonyl (C=O) groups excluding carboxylic acids is 1. The fourth-order valence-electron chi connectivity index (χ4n) is 1.88. The molecule has 2 N–H and O–H groups in total. The summed E-state index contributed by atoms with van der Waals surface area (Å²) in [5.41, 5.74) is 0. The molecule has 0 bridgehead atoms. The van der Waals surface area contributed by atoms with Gasteiger partial charge in [0.15, 0.2) is 0 Å². The highest BCUT2D eigenvalue weighted by Crippen LogP contribution is 1.99. The van der Waals surface area contributed by atoms with Crippen molar-refractivity contribution in [2.45, 2.75) is 51.2 Å². The van der Waals surface area contributed by atoms with E-state index >= 15 is 0 Å². The van der Waals surface area contributed by atoms with E-state index in [0.29, 0.717) is 32.3 Å². The fourth-order valence-corrected chi connectivity index (χ4v) is 1.88. The summed E-state index contributed by atoms with van der Waals surface area (Å²) in [5.74, 6) is 0. The third-order valence-electron chi connectivity index (χ3n) is 3.23. The molecular weight excluding hydrogens is 328 g/mol. The van der Waals surface area contributed by atoms with E-state index in [1.165, 1.54) is 0 Å². The first-order valence-corrected chi connectivity index (χ1v) is 9.08. The second kappa shape index (κ2) is 19.2. The van der Waals surface area contributed by atoms with Gasteiger partial charge in [-0.3, -0.25) is 4.79 Å². The monoisotopic (exact) mass is 360 g/mol. The van der Waals surface area contributed by atoms with E-state index in [1.54, 1.807) is 24.3 Å². The molecule has 0 fully saturated rings. The molecule has 4 nitrogen and oxygen atoms in total. The van der Waals surface area contributed by atoms with Crippen LogP contribution < -0.4 is 0 Å². The average Bonchev–Trinajstić information content (AvgIpc) is 2.63. The number of aliphatic hydroxyl groups excluding tert-OH is 2. The van der Waals surface area contributed by atoms with Gasteiger partial charge in [0.25, 0.3) is 6.47 Å². The Labute approximate surface area is 157 Å². The van der Waals surface area contributed by atoms with Gasteiger partial charge in [-0.1, -0.05) is 79.8 Å². The molecule has 0 saturated heterocycles. The Hall–Kier alpha value is -2.17. The van der Waals surface area contributed by atoms with Crippen LogP contribution in [0, 0.1) is 0 Å². The first kappa shape index (κ1) is 23.8. The second-order valence-electron chi connectivity index (χ2n) is 5.57. The van der Waals surface area contributed by atoms with Gasteiger partial charge in [0.05, 0.1) is 18.8 Å². The topological polar surface area (TPSA) is 66.8 Å². The van der Waals surface area contributed by atoms with Crippen LogP contribution in [-0.2, 0) is 9.53 Å². The quantitative estimate of drug-likeness (QED) is 0.199. The molecule has 0 aliphatic carbocycles. The predicted octanol–water partition coefficient (Wildman–Crippen LogP) is 4.19. The zero-order valence-corrected chi connectivity index (χ0v) is 15.6. The van der Waals surface area contributed by atoms with E-state index in [0.717, 1.165) is 12.8 Å². The third kappa shape index (κ3) is 18.2. The Morgan fingerprint density at radius 3 is 1.96 bits per heavy atom. The van der Waals surface area contributed by atoms with Crippen LogP contribution in [0.15, 0.2) is 72.9 Å². The SMILES string of the molecule is CC/C=C\C[C@@H](O)/C=C/C=C\C=C\[C@@H](O)C/C=C\C/C=C\CCOC=O. The van der Waals surface area contributed by atoms with E-state index < -0.39 is 12.2 Å². The molecule has 0 aromatic rings. The smallest absolute Gasteiger partial charge is 0.293 e. The number of allylic oxidation sites excluding steroid dienone is 7. The summed E-state index contributed by atoms with van der Waals surface area (Å²) in [5, 5.41) is 19.5. The van der Waals surface area contributed by atoms with Crippen LogP contribution in [-0.4, -0.2) is 35.5 Å². The van der Waals surface area contributed by atoms with E-state index in [4.69, 9.17) is 0 Å². The lowest BCUT2D eigenvalue weighted by Gasteiger charge is -1.99. The Morgan fingerprint density at radius 2 is 1.38 bits per heavy atom. The van der Waals surface area contributed by atoms with E-state index in [1.807, 2.05) is 48.6 Å². The summed E-state index contributed by atoms with van der Waals surface area (Å²) in [7, 11) is 0. The Bertz CT molecular complexity index is 498. The van der Waals surface area contributed by atoms with Crippen LogP contribution in [0.2, 0.25) is 0 Å². The van der Waals surface area contributed by atoms with Gasteiger partial charge in [0.2, 0.25) is 0 Å². The largest absolute Gasteiger partial charge is 0.468 e. The zero-order valence-electron chi connectivity index (χ0n) is 15.6. The molecule has 2 atom stereocenters. The van der Waals surface area contributed by atoms with Gasteiger partial charge in [-0.25, -0.2) is 0 Å². The number of rotatable bonds is 15. The molecule has 0 rings (SSSR count). The van der Waals surface area contributed by atoms with E-state index in [2.05, 4.69) is 11.7 Å². The van der Waals surface area contributed by atoms with Crippen LogP contribution in [0.4, 0.5) is 0 Å². The highest BCUT2D eigenvalue weighted by molar-refractivity contribution is 5.36. The Balaban J connectivity index is 3.84. The minimum atomic E-state index is -0.519. The van der Waals surface area contributed by atoms with Crippen molar-refractivity contribution in [3.05, 3.63) is 72.9 Å². The van der Waals surface area contributed by atoms with Crippen molar-refractivity contribution in [1.29, 1.82) is 0 Å². The molecule has 0 aromatic carbocycles. The Morgan fingerprint density at radius 1 is 0.808 bits per heavy atom. The average molecular weight is 360 g/mol. The lowest BCUT2D eigenvalue weighted by atomic mass is 10.2. The summed E-state index contributed by atoms with van der Waals surface area (Å²) in [4.78, 5) is 9.93. The van der Waals surface area contributed by atoms with Crippen LogP contribution >= 0.6 is 0 Å². The van der Waals surface area contributed by atoms with Gasteiger partial charge >= 0.3 is 0 Å². The molecule has 0 amide bonds. The van der Waals surface area contributed by atoms with Crippen molar-refractivity contribution in [2.24, 2.45) is 0 Å². The maximum Gasteiger partial charge on any atom is 0.293 e. The summed E-state index contributed by atoms with van der Waals surface area (Å²) in [6, 6.07) is 0. The van der Waals surface area contributed by atoms with Gasteiger partial charge in [-0.05, 0) is 32.1 Å². The zero-order chi connectivity index (χ0) is 19.3. The highest BCUT2D eigenvalue weighted by atomic mass is 16.5. The van der Waals surface area contributed by atoms with Crippen LogP contribution in [0.3, 0.4) is 0 Å². The summed E-state index contributed by atoms with van der Waals surface area (Å²) >= 11 is 0. The predicted molar refractivity (Wildman–Crippen MR) is 108 cm³/mol. The summed E-state index contributed by atoms with van der Waals surface area (Å²) in [6.07, 6.45) is 25.3. The molecule has 0 saturated carbocycles. The van der Waals surface area contributed by atoms with Crippen molar-refractivity contribution in [3.8, 4) is 0 Å². The molecule has 144 valence electrons. The van der Waals surface area contributed by atoms with E-state index in [9.17, 15) is 15.0 Å². The molecule has 0 spiro atoms. The molecule has 0 radical (unpaired) electrons. The number of hydrogen-bond donors (Lipinski definition) is 2. The van der Waals surface area contributed by atoms with Gasteiger partial charge in [0, 0.05) is 0 Å². The molecule has 0 aliphatic heterocycles. The standard InChI is InChI=1S/C22H32O4/c1-2-3-10-15-21(24)17-12-7-8-13-18-22(25)16-11-6-4-5-9-14-19-26-20-23/h3,5-13,17-18,20-22,24-25H,2,4,14-16,19H2,1H3/b8-7-,9-5-,10-3-,11-6-,17-12+,18-13+/t21-,22+/m1/s1. The van der Waals surface area contributed by atoms with Gasteiger partial charge in [0.1, 0.15) is 0 Å². The van der Waals surface area contributed by atoms with Crippen LogP contribution in [0.1, 0.15) is 39.0 Å². The molecular formula is C22H32O4. The number of ether oxygens (including phenoxy) is 1. The highest BCUT2D eigenvalue weighted by Gasteiger charge is 1.93. The summed E-state index contributed by atoms with van der Waals surface area (Å²) in [6.45, 7) is 2.92. The van der Waals surface area contributed by atoms with Gasteiger partial charge < -0.3 is 14.9 Å². The molecule has 26 heavy (non-hydrogen) atoms. The third-order valence-corrected chi connectivity index (χ3v) is 3.23. The van der Waals surface area contributed by atoms with Crippen molar-refractivity contribution in [2.75, 3.05) is 6.61 Å². The van der Waals surface area contributed by atoms with Gasteiger partial charge in [-0.2, -0.15) is 0 Å². The minimum Gasteiger partial charge on any atom is -0.468 e. The van der Waals surface area contributed by atoms with Crippen LogP contribution in [0.25, 0.3) is 0 Å². The maximum absolute atomic E-state index is 9.93. The van der Waals surface area contributed by atoms with Crippen molar-refractivity contribution in [1.82, 2.24) is 0 Å². The van der Waals surface area contributed by atoms with Crippen LogP contribution in [0.5, 0.6) is 0 Å². The summed E-state index contributed by atoms with van der Waals surface area (Å²) < 4.78 is 4.57. The fraction of sp³-hybridized carbons (Fsp3) is 0.409. The second-order valence-corrected chi connectivity index (χ2v) is 5.57. The molecule has 0 unspecified atom stereocenters. The number of carbonyl (C=O) groups is 1. The van der Waals surface area contributed by atoms with Crippen molar-refractivity contribution < 1.29 is 19.7 Å². The first-order chi connectivity index (χ1) is 12.7. The lowest BCUT2D eigenvalue weighted by molar-refractivity contribution is -0.128. The minimum absolute atomic E-state index is 0.408. The normalized spacial score (nSPS) is 15.3.